The highest BCUT2D eigenvalue weighted by Crippen LogP contribution is 2.31. The number of anilines is 2. The molecular weight excluding hydrogens is 528 g/mol. The maximum absolute atomic E-state index is 14.0. The van der Waals surface area contributed by atoms with E-state index in [0.29, 0.717) is 36.8 Å². The van der Waals surface area contributed by atoms with E-state index in [1.165, 1.54) is 0 Å². The first-order valence-corrected chi connectivity index (χ1v) is 14.1. The molecule has 1 aliphatic rings. The summed E-state index contributed by atoms with van der Waals surface area (Å²) in [6, 6.07) is 30.6. The van der Waals surface area contributed by atoms with Gasteiger partial charge < -0.3 is 24.4 Å². The Balaban J connectivity index is 1.50. The molecule has 4 aromatic rings. The molecule has 1 saturated heterocycles. The number of hydrogen-bond acceptors (Lipinski definition) is 6. The lowest BCUT2D eigenvalue weighted by atomic mass is 10.0. The molecule has 5 rings (SSSR count). The van der Waals surface area contributed by atoms with Gasteiger partial charge in [-0.15, -0.1) is 0 Å². The van der Waals surface area contributed by atoms with Crippen LogP contribution in [0, 0.1) is 0 Å². The highest BCUT2D eigenvalue weighted by atomic mass is 16.6. The lowest BCUT2D eigenvalue weighted by molar-refractivity contribution is 0.00707. The molecule has 0 aliphatic carbocycles. The van der Waals surface area contributed by atoms with Gasteiger partial charge in [0.2, 0.25) is 0 Å². The second-order valence-corrected chi connectivity index (χ2v) is 11.1. The maximum Gasteiger partial charge on any atom is 0.340 e. The average Bonchev–Trinajstić information content (AvgIpc) is 3.00. The fourth-order valence-corrected chi connectivity index (χ4v) is 4.73. The van der Waals surface area contributed by atoms with Gasteiger partial charge in [-0.3, -0.25) is 4.79 Å². The van der Waals surface area contributed by atoms with Gasteiger partial charge in [-0.25, -0.2) is 4.79 Å². The van der Waals surface area contributed by atoms with Crippen molar-refractivity contribution in [1.82, 2.24) is 0 Å². The number of esters is 1. The van der Waals surface area contributed by atoms with Gasteiger partial charge >= 0.3 is 5.97 Å². The van der Waals surface area contributed by atoms with Crippen molar-refractivity contribution in [1.29, 1.82) is 0 Å². The lowest BCUT2D eigenvalue weighted by Gasteiger charge is -2.29. The van der Waals surface area contributed by atoms with Crippen LogP contribution in [0.15, 0.2) is 97.1 Å². The Morgan fingerprint density at radius 3 is 2.19 bits per heavy atom. The molecule has 1 aliphatic heterocycles. The Hall–Kier alpha value is -4.62. The molecule has 4 aromatic carbocycles. The number of benzene rings is 4. The number of ether oxygens (including phenoxy) is 3. The fraction of sp³-hybridized carbons (Fsp3) is 0.257. The minimum absolute atomic E-state index is 0.272. The summed E-state index contributed by atoms with van der Waals surface area (Å²) in [5.74, 6) is -0.449. The number of nitrogens with zero attached hydrogens (tertiary/aromatic N) is 1. The first kappa shape index (κ1) is 28.9. The third-order valence-electron chi connectivity index (χ3n) is 6.81. The number of carbonyl (C=O) groups is 2. The van der Waals surface area contributed by atoms with Crippen LogP contribution in [-0.4, -0.2) is 43.8 Å². The lowest BCUT2D eigenvalue weighted by Crippen LogP contribution is -2.36. The van der Waals surface area contributed by atoms with Gasteiger partial charge in [0.25, 0.3) is 5.91 Å². The van der Waals surface area contributed by atoms with Crippen molar-refractivity contribution in [2.45, 2.75) is 33.0 Å². The van der Waals surface area contributed by atoms with Crippen LogP contribution in [0.4, 0.5) is 11.4 Å². The van der Waals surface area contributed by atoms with Crippen LogP contribution >= 0.6 is 0 Å². The van der Waals surface area contributed by atoms with E-state index in [9.17, 15) is 9.59 Å². The van der Waals surface area contributed by atoms with Gasteiger partial charge in [-0.05, 0) is 67.8 Å². The van der Waals surface area contributed by atoms with Gasteiger partial charge in [-0.2, -0.15) is 0 Å². The summed E-state index contributed by atoms with van der Waals surface area (Å²) in [7, 11) is 0. The molecule has 0 radical (unpaired) electrons. The van der Waals surface area contributed by atoms with E-state index in [4.69, 9.17) is 14.2 Å². The highest BCUT2D eigenvalue weighted by molar-refractivity contribution is 6.10. The summed E-state index contributed by atoms with van der Waals surface area (Å²) in [6.45, 7) is 8.46. The zero-order valence-electron chi connectivity index (χ0n) is 24.3. The molecule has 0 saturated carbocycles. The average molecular weight is 565 g/mol. The third-order valence-corrected chi connectivity index (χ3v) is 6.81. The topological polar surface area (TPSA) is 77.1 Å². The van der Waals surface area contributed by atoms with E-state index in [0.717, 1.165) is 35.5 Å². The second kappa shape index (κ2) is 12.9. The SMILES string of the molecule is CC(C)(C)OC(=O)c1ccc(-c2ccccc2)cc1NC(=O)c1cc(N2CCOCC2)ccc1OCc1ccccc1. The third kappa shape index (κ3) is 7.36. The summed E-state index contributed by atoms with van der Waals surface area (Å²) in [5, 5.41) is 3.01. The predicted molar refractivity (Wildman–Crippen MR) is 165 cm³/mol. The van der Waals surface area contributed by atoms with Crippen LogP contribution < -0.4 is 15.0 Å². The van der Waals surface area contributed by atoms with E-state index in [2.05, 4.69) is 10.2 Å². The monoisotopic (exact) mass is 564 g/mol. The molecule has 0 atom stereocenters. The highest BCUT2D eigenvalue weighted by Gasteiger charge is 2.24. The number of amides is 1. The van der Waals surface area contributed by atoms with Crippen molar-refractivity contribution in [3.63, 3.8) is 0 Å². The molecular formula is C35H36N2O5. The van der Waals surface area contributed by atoms with Crippen molar-refractivity contribution in [3.8, 4) is 16.9 Å². The molecule has 7 heteroatoms. The van der Waals surface area contributed by atoms with E-state index in [1.807, 2.05) is 112 Å². The molecule has 1 heterocycles. The Bertz CT molecular complexity index is 1520. The zero-order valence-corrected chi connectivity index (χ0v) is 24.3. The number of rotatable bonds is 8. The molecule has 42 heavy (non-hydrogen) atoms. The van der Waals surface area contributed by atoms with Crippen LogP contribution in [0.5, 0.6) is 5.75 Å². The quantitative estimate of drug-likeness (QED) is 0.233. The van der Waals surface area contributed by atoms with E-state index >= 15 is 0 Å². The van der Waals surface area contributed by atoms with Crippen molar-refractivity contribution in [3.05, 3.63) is 114 Å². The van der Waals surface area contributed by atoms with Gasteiger partial charge in [-0.1, -0.05) is 66.7 Å². The molecule has 1 fully saturated rings. The van der Waals surface area contributed by atoms with Crippen LogP contribution in [0.1, 0.15) is 47.1 Å². The summed E-state index contributed by atoms with van der Waals surface area (Å²) < 4.78 is 17.4. The van der Waals surface area contributed by atoms with Crippen molar-refractivity contribution < 1.29 is 23.8 Å². The first-order chi connectivity index (χ1) is 20.3. The molecule has 1 N–H and O–H groups in total. The standard InChI is InChI=1S/C35H36N2O5/c1-35(2,3)42-34(39)29-16-14-27(26-12-8-5-9-13-26)22-31(29)36-33(38)30-23-28(37-18-20-40-21-19-37)15-17-32(30)41-24-25-10-6-4-7-11-25/h4-17,22-23H,18-21,24H2,1-3H3,(H,36,38). The second-order valence-electron chi connectivity index (χ2n) is 11.1. The Kier molecular flexibility index (Phi) is 8.88. The van der Waals surface area contributed by atoms with Crippen LogP contribution in [-0.2, 0) is 16.1 Å². The minimum Gasteiger partial charge on any atom is -0.488 e. The first-order valence-electron chi connectivity index (χ1n) is 14.1. The van der Waals surface area contributed by atoms with Gasteiger partial charge in [0.05, 0.1) is 30.0 Å². The van der Waals surface area contributed by atoms with E-state index < -0.39 is 11.6 Å². The summed E-state index contributed by atoms with van der Waals surface area (Å²) in [6.07, 6.45) is 0. The Morgan fingerprint density at radius 2 is 1.50 bits per heavy atom. The molecule has 7 nitrogen and oxygen atoms in total. The van der Waals surface area contributed by atoms with Crippen molar-refractivity contribution in [2.24, 2.45) is 0 Å². The Morgan fingerprint density at radius 1 is 0.810 bits per heavy atom. The van der Waals surface area contributed by atoms with E-state index in [1.54, 1.807) is 6.07 Å². The normalized spacial score (nSPS) is 13.4. The summed E-state index contributed by atoms with van der Waals surface area (Å²) >= 11 is 0. The molecule has 0 bridgehead atoms. The Labute approximate surface area is 247 Å². The van der Waals surface area contributed by atoms with Gasteiger partial charge in [0.15, 0.2) is 0 Å². The van der Waals surface area contributed by atoms with Crippen LogP contribution in [0.3, 0.4) is 0 Å². The number of carbonyl (C=O) groups excluding carboxylic acids is 2. The summed E-state index contributed by atoms with van der Waals surface area (Å²) in [5.41, 5.74) is 4.03. The number of nitrogens with one attached hydrogen (secondary N) is 1. The fourth-order valence-electron chi connectivity index (χ4n) is 4.73. The van der Waals surface area contributed by atoms with Gasteiger partial charge in [0.1, 0.15) is 18.0 Å². The number of hydrogen-bond donors (Lipinski definition) is 1. The molecule has 0 spiro atoms. The minimum atomic E-state index is -0.693. The summed E-state index contributed by atoms with van der Waals surface area (Å²) in [4.78, 5) is 29.4. The van der Waals surface area contributed by atoms with Crippen LogP contribution in [0.2, 0.25) is 0 Å². The van der Waals surface area contributed by atoms with E-state index in [-0.39, 0.29) is 11.5 Å². The predicted octanol–water partition coefficient (Wildman–Crippen LogP) is 6.98. The zero-order chi connectivity index (χ0) is 29.5. The molecule has 0 aromatic heterocycles. The van der Waals surface area contributed by atoms with Gasteiger partial charge in [0, 0.05) is 18.8 Å². The smallest absolute Gasteiger partial charge is 0.340 e. The van der Waals surface area contributed by atoms with Crippen molar-refractivity contribution >= 4 is 23.3 Å². The van der Waals surface area contributed by atoms with Crippen molar-refractivity contribution in [2.75, 3.05) is 36.5 Å². The number of morpholine rings is 1. The maximum atomic E-state index is 14.0. The largest absolute Gasteiger partial charge is 0.488 e. The molecule has 0 unspecified atom stereocenters. The van der Waals surface area contributed by atoms with Crippen LogP contribution in [0.25, 0.3) is 11.1 Å². The molecule has 216 valence electrons. The molecule has 1 amide bonds.